The Labute approximate surface area is 144 Å². The second-order valence-corrected chi connectivity index (χ2v) is 6.04. The van der Waals surface area contributed by atoms with Crippen molar-refractivity contribution in [3.63, 3.8) is 0 Å². The fourth-order valence-electron chi connectivity index (χ4n) is 2.62. The fraction of sp³-hybridized carbons (Fsp3) is 0.375. The van der Waals surface area contributed by atoms with Crippen molar-refractivity contribution in [3.8, 4) is 5.69 Å². The quantitative estimate of drug-likeness (QED) is 0.846. The summed E-state index contributed by atoms with van der Waals surface area (Å²) < 4.78 is 1.57. The first-order chi connectivity index (χ1) is 11.6. The van der Waals surface area contributed by atoms with E-state index in [1.54, 1.807) is 41.3 Å². The Bertz CT molecular complexity index is 746. The summed E-state index contributed by atoms with van der Waals surface area (Å²) in [4.78, 5) is 31.4. The van der Waals surface area contributed by atoms with Crippen molar-refractivity contribution in [3.05, 3.63) is 35.9 Å². The number of hydrogen-bond acceptors (Lipinski definition) is 4. The molecule has 1 aliphatic rings. The molecule has 0 bridgehead atoms. The SMILES string of the molecule is CN(C(=O)CN1CCCCC1=O)c1cn(-c2cccnc2)nc1Cl. The van der Waals surface area contributed by atoms with Crippen molar-refractivity contribution in [2.24, 2.45) is 0 Å². The molecule has 7 nitrogen and oxygen atoms in total. The highest BCUT2D eigenvalue weighted by molar-refractivity contribution is 6.32. The molecule has 0 aliphatic carbocycles. The number of likely N-dealkylation sites (tertiary alicyclic amines) is 1. The molecule has 2 amide bonds. The highest BCUT2D eigenvalue weighted by atomic mass is 35.5. The predicted octanol–water partition coefficient (Wildman–Crippen LogP) is 1.90. The molecule has 8 heteroatoms. The maximum atomic E-state index is 12.5. The number of amides is 2. The molecule has 126 valence electrons. The number of piperidine rings is 1. The molecule has 0 spiro atoms. The van der Waals surface area contributed by atoms with Gasteiger partial charge < -0.3 is 9.80 Å². The van der Waals surface area contributed by atoms with Gasteiger partial charge in [-0.15, -0.1) is 0 Å². The van der Waals surface area contributed by atoms with Gasteiger partial charge in [0.05, 0.1) is 18.1 Å². The van der Waals surface area contributed by atoms with Crippen LogP contribution in [0.5, 0.6) is 0 Å². The van der Waals surface area contributed by atoms with E-state index < -0.39 is 0 Å². The molecule has 1 fully saturated rings. The van der Waals surface area contributed by atoms with Crippen molar-refractivity contribution in [2.45, 2.75) is 19.3 Å². The smallest absolute Gasteiger partial charge is 0.246 e. The summed E-state index contributed by atoms with van der Waals surface area (Å²) in [6.07, 6.45) is 7.33. The number of rotatable bonds is 4. The van der Waals surface area contributed by atoms with Crippen LogP contribution in [0.1, 0.15) is 19.3 Å². The van der Waals surface area contributed by atoms with Gasteiger partial charge in [-0.2, -0.15) is 5.10 Å². The number of likely N-dealkylation sites (N-methyl/N-ethyl adjacent to an activating group) is 1. The van der Waals surface area contributed by atoms with Gasteiger partial charge in [0.1, 0.15) is 12.2 Å². The van der Waals surface area contributed by atoms with Crippen LogP contribution in [0, 0.1) is 0 Å². The van der Waals surface area contributed by atoms with Gasteiger partial charge in [-0.05, 0) is 25.0 Å². The van der Waals surface area contributed by atoms with Crippen molar-refractivity contribution in [1.29, 1.82) is 0 Å². The normalized spacial score (nSPS) is 14.8. The van der Waals surface area contributed by atoms with Crippen LogP contribution < -0.4 is 4.90 Å². The Kier molecular flexibility index (Phi) is 4.80. The van der Waals surface area contributed by atoms with Gasteiger partial charge in [0.2, 0.25) is 11.8 Å². The molecule has 0 saturated carbocycles. The van der Waals surface area contributed by atoms with Crippen molar-refractivity contribution in [2.75, 3.05) is 25.0 Å². The topological polar surface area (TPSA) is 71.3 Å². The van der Waals surface area contributed by atoms with Gasteiger partial charge in [-0.3, -0.25) is 14.6 Å². The third-order valence-electron chi connectivity index (χ3n) is 4.04. The van der Waals surface area contributed by atoms with E-state index >= 15 is 0 Å². The van der Waals surface area contributed by atoms with Crippen LogP contribution in [-0.2, 0) is 9.59 Å². The second kappa shape index (κ2) is 7.00. The molecule has 1 aliphatic heterocycles. The van der Waals surface area contributed by atoms with Gasteiger partial charge in [0.25, 0.3) is 0 Å². The fourth-order valence-corrected chi connectivity index (χ4v) is 2.88. The van der Waals surface area contributed by atoms with E-state index in [9.17, 15) is 9.59 Å². The zero-order valence-corrected chi connectivity index (χ0v) is 14.1. The number of carbonyl (C=O) groups excluding carboxylic acids is 2. The van der Waals surface area contributed by atoms with E-state index in [1.165, 1.54) is 4.90 Å². The van der Waals surface area contributed by atoms with Gasteiger partial charge >= 0.3 is 0 Å². The molecule has 2 aromatic heterocycles. The Morgan fingerprint density at radius 3 is 2.96 bits per heavy atom. The lowest BCUT2D eigenvalue weighted by atomic mass is 10.1. The van der Waals surface area contributed by atoms with Crippen LogP contribution in [-0.4, -0.2) is 51.6 Å². The van der Waals surface area contributed by atoms with Crippen LogP contribution in [0.4, 0.5) is 5.69 Å². The standard InChI is InChI=1S/C16H18ClN5O2/c1-20(15(24)11-21-8-3-2-6-14(21)23)13-10-22(19-16(13)17)12-5-4-7-18-9-12/h4-5,7,9-10H,2-3,6,8,11H2,1H3. The molecule has 1 saturated heterocycles. The van der Waals surface area contributed by atoms with Crippen molar-refractivity contribution < 1.29 is 9.59 Å². The summed E-state index contributed by atoms with van der Waals surface area (Å²) in [5, 5.41) is 4.44. The third kappa shape index (κ3) is 3.41. The lowest BCUT2D eigenvalue weighted by Gasteiger charge is -2.27. The highest BCUT2D eigenvalue weighted by Gasteiger charge is 2.24. The molecule has 3 heterocycles. The lowest BCUT2D eigenvalue weighted by molar-refractivity contribution is -0.137. The molecule has 0 radical (unpaired) electrons. The minimum atomic E-state index is -0.196. The Morgan fingerprint density at radius 2 is 2.25 bits per heavy atom. The molecule has 24 heavy (non-hydrogen) atoms. The largest absolute Gasteiger partial charge is 0.333 e. The summed E-state index contributed by atoms with van der Waals surface area (Å²) >= 11 is 6.18. The Hall–Kier alpha value is -2.41. The van der Waals surface area contributed by atoms with E-state index in [0.717, 1.165) is 18.5 Å². The summed E-state index contributed by atoms with van der Waals surface area (Å²) in [5.41, 5.74) is 1.24. The maximum absolute atomic E-state index is 12.5. The maximum Gasteiger partial charge on any atom is 0.246 e. The first-order valence-electron chi connectivity index (χ1n) is 7.76. The molecule has 0 atom stereocenters. The van der Waals surface area contributed by atoms with E-state index in [2.05, 4.69) is 10.1 Å². The van der Waals surface area contributed by atoms with Crippen LogP contribution in [0.25, 0.3) is 5.69 Å². The van der Waals surface area contributed by atoms with Crippen molar-refractivity contribution >= 4 is 29.1 Å². The molecule has 3 rings (SSSR count). The average Bonchev–Trinajstić information content (AvgIpc) is 2.99. The number of aromatic nitrogens is 3. The molecule has 0 aromatic carbocycles. The minimum absolute atomic E-state index is 0.0279. The minimum Gasteiger partial charge on any atom is -0.333 e. The average molecular weight is 348 g/mol. The summed E-state index contributed by atoms with van der Waals surface area (Å²) in [6.45, 7) is 0.685. The number of hydrogen-bond donors (Lipinski definition) is 0. The molecular formula is C16H18ClN5O2. The zero-order chi connectivity index (χ0) is 17.1. The zero-order valence-electron chi connectivity index (χ0n) is 13.4. The van der Waals surface area contributed by atoms with Crippen molar-refractivity contribution in [1.82, 2.24) is 19.7 Å². The Morgan fingerprint density at radius 1 is 1.42 bits per heavy atom. The highest BCUT2D eigenvalue weighted by Crippen LogP contribution is 2.25. The van der Waals surface area contributed by atoms with Crippen LogP contribution in [0.3, 0.4) is 0 Å². The first-order valence-corrected chi connectivity index (χ1v) is 8.14. The van der Waals surface area contributed by atoms with Gasteiger partial charge in [0.15, 0.2) is 5.15 Å². The van der Waals surface area contributed by atoms with Crippen LogP contribution in [0.15, 0.2) is 30.7 Å². The summed E-state index contributed by atoms with van der Waals surface area (Å²) in [5.74, 6) is -0.168. The number of pyridine rings is 1. The van der Waals surface area contributed by atoms with E-state index in [-0.39, 0.29) is 23.5 Å². The van der Waals surface area contributed by atoms with Gasteiger partial charge in [-0.1, -0.05) is 11.6 Å². The van der Waals surface area contributed by atoms with E-state index in [1.807, 2.05) is 6.07 Å². The van der Waals surface area contributed by atoms with Gasteiger partial charge in [-0.25, -0.2) is 4.68 Å². The lowest BCUT2D eigenvalue weighted by Crippen LogP contribution is -2.43. The van der Waals surface area contributed by atoms with Gasteiger partial charge in [0, 0.05) is 26.2 Å². The molecular weight excluding hydrogens is 330 g/mol. The number of anilines is 1. The number of halogens is 1. The summed E-state index contributed by atoms with van der Waals surface area (Å²) in [6, 6.07) is 3.63. The monoisotopic (exact) mass is 347 g/mol. The molecule has 2 aromatic rings. The number of nitrogens with zero attached hydrogens (tertiary/aromatic N) is 5. The molecule has 0 N–H and O–H groups in total. The van der Waals surface area contributed by atoms with E-state index in [0.29, 0.717) is 18.7 Å². The van der Waals surface area contributed by atoms with Crippen LogP contribution in [0.2, 0.25) is 5.15 Å². The first kappa shape index (κ1) is 16.4. The molecule has 0 unspecified atom stereocenters. The Balaban J connectivity index is 1.75. The summed E-state index contributed by atoms with van der Waals surface area (Å²) in [7, 11) is 1.63. The number of carbonyl (C=O) groups is 2. The second-order valence-electron chi connectivity index (χ2n) is 5.69. The van der Waals surface area contributed by atoms with Crippen LogP contribution >= 0.6 is 11.6 Å². The van der Waals surface area contributed by atoms with E-state index in [4.69, 9.17) is 11.6 Å². The predicted molar refractivity (Wildman–Crippen MR) is 90.2 cm³/mol. The third-order valence-corrected chi connectivity index (χ3v) is 4.31.